The number of methoxy groups -OCH3 is 1. The molecule has 0 atom stereocenters. The molecule has 10 heteroatoms. The minimum absolute atomic E-state index is 0. The first-order valence-corrected chi connectivity index (χ1v) is 9.57. The third-order valence-electron chi connectivity index (χ3n) is 3.57. The van der Waals surface area contributed by atoms with Crippen LogP contribution >= 0.6 is 40.7 Å². The van der Waals surface area contributed by atoms with E-state index in [1.54, 1.807) is 18.2 Å². The molecule has 1 aliphatic heterocycles. The molecule has 0 aromatic heterocycles. The molecule has 2 rings (SSSR count). The van der Waals surface area contributed by atoms with Crippen LogP contribution in [0.25, 0.3) is 0 Å². The maximum atomic E-state index is 12.4. The van der Waals surface area contributed by atoms with E-state index in [2.05, 4.69) is 30.9 Å². The zero-order valence-electron chi connectivity index (χ0n) is 13.5. The molecule has 1 heterocycles. The van der Waals surface area contributed by atoms with Crippen LogP contribution < -0.4 is 14.8 Å². The Hall–Kier alpha value is -0.0900. The Kier molecular flexibility index (Phi) is 11.5. The second-order valence-corrected chi connectivity index (χ2v) is 7.79. The van der Waals surface area contributed by atoms with Crippen LogP contribution in [0.1, 0.15) is 6.42 Å². The quantitative estimate of drug-likeness (QED) is 0.603. The Balaban J connectivity index is 0.00000264. The van der Waals surface area contributed by atoms with Gasteiger partial charge in [0.2, 0.25) is 10.0 Å². The van der Waals surface area contributed by atoms with Gasteiger partial charge in [0.05, 0.1) is 7.11 Å². The zero-order chi connectivity index (χ0) is 16.0. The van der Waals surface area contributed by atoms with Crippen molar-refractivity contribution >= 4 is 50.8 Å². The molecule has 24 heavy (non-hydrogen) atoms. The number of piperazine rings is 1. The number of hydrogen-bond donors (Lipinski definition) is 2. The minimum atomic E-state index is -3.56. The van der Waals surface area contributed by atoms with Gasteiger partial charge in [-0.2, -0.15) is 0 Å². The fourth-order valence-electron chi connectivity index (χ4n) is 2.38. The maximum absolute atomic E-state index is 12.4. The van der Waals surface area contributed by atoms with Gasteiger partial charge in [-0.05, 0) is 31.2 Å². The highest BCUT2D eigenvalue weighted by Gasteiger charge is 2.19. The Morgan fingerprint density at radius 3 is 2.58 bits per heavy atom. The zero-order valence-corrected chi connectivity index (χ0v) is 17.5. The van der Waals surface area contributed by atoms with Gasteiger partial charge in [-0.1, -0.05) is 15.9 Å². The van der Waals surface area contributed by atoms with E-state index in [0.717, 1.165) is 39.1 Å². The van der Waals surface area contributed by atoms with E-state index in [0.29, 0.717) is 16.8 Å². The van der Waals surface area contributed by atoms with Crippen LogP contribution in [0.2, 0.25) is 0 Å². The van der Waals surface area contributed by atoms with E-state index in [9.17, 15) is 8.42 Å². The number of hydrogen-bond acceptors (Lipinski definition) is 5. The molecule has 1 aromatic carbocycles. The summed E-state index contributed by atoms with van der Waals surface area (Å²) < 4.78 is 33.2. The van der Waals surface area contributed by atoms with Crippen LogP contribution in [0.4, 0.5) is 0 Å². The Bertz CT molecular complexity index is 599. The number of rotatable bonds is 7. The van der Waals surface area contributed by atoms with Gasteiger partial charge in [0.1, 0.15) is 10.6 Å². The van der Waals surface area contributed by atoms with E-state index in [1.807, 2.05) is 0 Å². The minimum Gasteiger partial charge on any atom is -0.495 e. The molecule has 0 aliphatic carbocycles. The standard InChI is InChI=1S/C14H22BrN3O3S.2ClH/c1-21-13-4-3-12(15)11-14(13)22(19,20)17-5-2-8-18-9-6-16-7-10-18;;/h3-4,11,16-17H,2,5-10H2,1H3;2*1H. The monoisotopic (exact) mass is 463 g/mol. The Morgan fingerprint density at radius 2 is 1.96 bits per heavy atom. The number of nitrogens with zero attached hydrogens (tertiary/aromatic N) is 1. The molecular weight excluding hydrogens is 441 g/mol. The molecular formula is C14H24BrCl2N3O3S. The van der Waals surface area contributed by atoms with Crippen molar-refractivity contribution in [2.24, 2.45) is 0 Å². The van der Waals surface area contributed by atoms with Gasteiger partial charge in [-0.25, -0.2) is 13.1 Å². The number of nitrogens with one attached hydrogen (secondary N) is 2. The average Bonchev–Trinajstić information content (AvgIpc) is 2.52. The summed E-state index contributed by atoms with van der Waals surface area (Å²) >= 11 is 3.29. The molecule has 1 saturated heterocycles. The highest BCUT2D eigenvalue weighted by atomic mass is 79.9. The molecule has 0 radical (unpaired) electrons. The van der Waals surface area contributed by atoms with Crippen molar-refractivity contribution in [1.29, 1.82) is 0 Å². The van der Waals surface area contributed by atoms with Gasteiger partial charge in [-0.3, -0.25) is 0 Å². The van der Waals surface area contributed by atoms with E-state index in [-0.39, 0.29) is 29.7 Å². The SMILES string of the molecule is COc1ccc(Br)cc1S(=O)(=O)NCCCN1CCNCC1.Cl.Cl. The van der Waals surface area contributed by atoms with Gasteiger partial charge < -0.3 is 15.0 Å². The summed E-state index contributed by atoms with van der Waals surface area (Å²) in [5, 5.41) is 3.30. The number of ether oxygens (including phenoxy) is 1. The predicted molar refractivity (Wildman–Crippen MR) is 104 cm³/mol. The lowest BCUT2D eigenvalue weighted by atomic mass is 10.3. The van der Waals surface area contributed by atoms with Gasteiger partial charge in [0.25, 0.3) is 0 Å². The Morgan fingerprint density at radius 1 is 1.29 bits per heavy atom. The lowest BCUT2D eigenvalue weighted by Crippen LogP contribution is -2.44. The molecule has 1 aliphatic rings. The van der Waals surface area contributed by atoms with E-state index >= 15 is 0 Å². The number of sulfonamides is 1. The lowest BCUT2D eigenvalue weighted by molar-refractivity contribution is 0.239. The topological polar surface area (TPSA) is 70.7 Å². The summed E-state index contributed by atoms with van der Waals surface area (Å²) in [6.45, 7) is 5.36. The molecule has 0 saturated carbocycles. The first-order chi connectivity index (χ1) is 10.5. The second-order valence-electron chi connectivity index (χ2n) is 5.14. The molecule has 0 unspecified atom stereocenters. The van der Waals surface area contributed by atoms with Crippen molar-refractivity contribution in [3.8, 4) is 5.75 Å². The highest BCUT2D eigenvalue weighted by molar-refractivity contribution is 9.10. The summed E-state index contributed by atoms with van der Waals surface area (Å²) in [4.78, 5) is 2.50. The van der Waals surface area contributed by atoms with Crippen molar-refractivity contribution in [3.05, 3.63) is 22.7 Å². The molecule has 6 nitrogen and oxygen atoms in total. The Labute approximate surface area is 164 Å². The van der Waals surface area contributed by atoms with Crippen LogP contribution in [0.15, 0.2) is 27.6 Å². The summed E-state index contributed by atoms with van der Waals surface area (Å²) in [5.74, 6) is 0.345. The predicted octanol–water partition coefficient (Wildman–Crippen LogP) is 1.87. The maximum Gasteiger partial charge on any atom is 0.244 e. The van der Waals surface area contributed by atoms with Gasteiger partial charge in [0, 0.05) is 37.2 Å². The van der Waals surface area contributed by atoms with E-state index in [1.165, 1.54) is 7.11 Å². The van der Waals surface area contributed by atoms with Gasteiger partial charge in [0.15, 0.2) is 0 Å². The van der Waals surface area contributed by atoms with Crippen molar-refractivity contribution < 1.29 is 13.2 Å². The third-order valence-corrected chi connectivity index (χ3v) is 5.54. The van der Waals surface area contributed by atoms with Crippen LogP contribution in [-0.2, 0) is 10.0 Å². The molecule has 0 amide bonds. The van der Waals surface area contributed by atoms with E-state index in [4.69, 9.17) is 4.74 Å². The molecule has 0 spiro atoms. The molecule has 140 valence electrons. The van der Waals surface area contributed by atoms with Crippen molar-refractivity contribution in [1.82, 2.24) is 14.9 Å². The van der Waals surface area contributed by atoms with Gasteiger partial charge in [-0.15, -0.1) is 24.8 Å². The van der Waals surface area contributed by atoms with Crippen LogP contribution in [-0.4, -0.2) is 59.7 Å². The van der Waals surface area contributed by atoms with Gasteiger partial charge >= 0.3 is 0 Å². The molecule has 1 aromatic rings. The van der Waals surface area contributed by atoms with E-state index < -0.39 is 10.0 Å². The first-order valence-electron chi connectivity index (χ1n) is 7.29. The summed E-state index contributed by atoms with van der Waals surface area (Å²) in [6, 6.07) is 4.94. The third kappa shape index (κ3) is 7.03. The largest absolute Gasteiger partial charge is 0.495 e. The normalized spacial score (nSPS) is 15.2. The molecule has 0 bridgehead atoms. The first kappa shape index (κ1) is 23.9. The summed E-state index contributed by atoms with van der Waals surface area (Å²) in [7, 11) is -2.10. The number of benzene rings is 1. The fourth-order valence-corrected chi connectivity index (χ4v) is 4.16. The summed E-state index contributed by atoms with van der Waals surface area (Å²) in [6.07, 6.45) is 0.787. The van der Waals surface area contributed by atoms with Crippen molar-refractivity contribution in [2.75, 3.05) is 46.4 Å². The molecule has 2 N–H and O–H groups in total. The van der Waals surface area contributed by atoms with Crippen molar-refractivity contribution in [3.63, 3.8) is 0 Å². The fraction of sp³-hybridized carbons (Fsp3) is 0.571. The van der Waals surface area contributed by atoms with Crippen LogP contribution in [0.5, 0.6) is 5.75 Å². The highest BCUT2D eigenvalue weighted by Crippen LogP contribution is 2.26. The average molecular weight is 465 g/mol. The smallest absolute Gasteiger partial charge is 0.244 e. The van der Waals surface area contributed by atoms with Crippen LogP contribution in [0, 0.1) is 0 Å². The number of halogens is 3. The van der Waals surface area contributed by atoms with Crippen LogP contribution in [0.3, 0.4) is 0 Å². The van der Waals surface area contributed by atoms with Crippen molar-refractivity contribution in [2.45, 2.75) is 11.3 Å². The summed E-state index contributed by atoms with van der Waals surface area (Å²) in [5.41, 5.74) is 0. The lowest BCUT2D eigenvalue weighted by Gasteiger charge is -2.27. The second kappa shape index (κ2) is 11.5. The molecule has 1 fully saturated rings.